The van der Waals surface area contributed by atoms with Crippen LogP contribution in [0.15, 0.2) is 49.1 Å². The summed E-state index contributed by atoms with van der Waals surface area (Å²) < 4.78 is 3.86. The number of fused-ring (bicyclic) bond motifs is 2. The highest BCUT2D eigenvalue weighted by Crippen LogP contribution is 2.25. The normalized spacial score (nSPS) is 11.3. The Morgan fingerprint density at radius 3 is 2.81 bits per heavy atom. The lowest BCUT2D eigenvalue weighted by atomic mass is 10.3. The first-order valence-electron chi connectivity index (χ1n) is 6.62. The van der Waals surface area contributed by atoms with Crippen LogP contribution in [0.4, 0.5) is 11.4 Å². The maximum absolute atomic E-state index is 5.96. The summed E-state index contributed by atoms with van der Waals surface area (Å²) in [6, 6.07) is 7.72. The van der Waals surface area contributed by atoms with Gasteiger partial charge in [0.25, 0.3) is 0 Å². The van der Waals surface area contributed by atoms with Crippen LogP contribution in [0.3, 0.4) is 0 Å². The van der Waals surface area contributed by atoms with E-state index in [1.165, 1.54) is 0 Å². The summed E-state index contributed by atoms with van der Waals surface area (Å²) >= 11 is 0. The topological polar surface area (TPSA) is 73.7 Å². The van der Waals surface area contributed by atoms with Crippen molar-refractivity contribution in [2.45, 2.75) is 0 Å². The monoisotopic (exact) mass is 278 g/mol. The zero-order valence-electron chi connectivity index (χ0n) is 11.5. The van der Waals surface area contributed by atoms with Gasteiger partial charge >= 0.3 is 0 Å². The van der Waals surface area contributed by atoms with E-state index in [-0.39, 0.29) is 0 Å². The van der Waals surface area contributed by atoms with E-state index in [9.17, 15) is 0 Å². The van der Waals surface area contributed by atoms with Gasteiger partial charge in [-0.2, -0.15) is 0 Å². The molecule has 0 aliphatic heterocycles. The van der Waals surface area contributed by atoms with Crippen LogP contribution in [0.5, 0.6) is 0 Å². The molecule has 0 unspecified atom stereocenters. The van der Waals surface area contributed by atoms with Crippen LogP contribution in [0.25, 0.3) is 22.1 Å². The van der Waals surface area contributed by atoms with E-state index in [1.54, 1.807) is 18.5 Å². The number of hydrogen-bond acceptors (Lipinski definition) is 4. The molecule has 0 saturated carbocycles. The third-order valence-corrected chi connectivity index (χ3v) is 3.60. The molecule has 4 aromatic rings. The average molecular weight is 278 g/mol. The molecule has 0 atom stereocenters. The molecule has 6 heteroatoms. The van der Waals surface area contributed by atoms with E-state index in [0.29, 0.717) is 0 Å². The molecule has 4 heterocycles. The van der Waals surface area contributed by atoms with Gasteiger partial charge in [-0.05, 0) is 24.3 Å². The second kappa shape index (κ2) is 4.24. The molecule has 21 heavy (non-hydrogen) atoms. The van der Waals surface area contributed by atoms with Crippen molar-refractivity contribution in [1.29, 1.82) is 0 Å². The van der Waals surface area contributed by atoms with Crippen molar-refractivity contribution >= 4 is 33.4 Å². The molecule has 0 amide bonds. The number of anilines is 2. The molecule has 0 aliphatic rings. The van der Waals surface area contributed by atoms with Crippen LogP contribution in [0.1, 0.15) is 0 Å². The number of nitrogens with one attached hydrogen (secondary N) is 1. The van der Waals surface area contributed by atoms with E-state index >= 15 is 0 Å². The highest BCUT2D eigenvalue weighted by atomic mass is 15.4. The Balaban J connectivity index is 1.85. The smallest absolute Gasteiger partial charge is 0.160 e. The first-order valence-corrected chi connectivity index (χ1v) is 6.62. The lowest BCUT2D eigenvalue weighted by Gasteiger charge is -2.07. The number of aryl methyl sites for hydroxylation is 1. The summed E-state index contributed by atoms with van der Waals surface area (Å²) in [6.07, 6.45) is 7.43. The molecule has 0 aromatic carbocycles. The first-order chi connectivity index (χ1) is 10.2. The van der Waals surface area contributed by atoms with Gasteiger partial charge in [0.2, 0.25) is 0 Å². The number of nitrogen functional groups attached to an aromatic ring is 1. The molecule has 0 saturated heterocycles. The van der Waals surface area contributed by atoms with Crippen molar-refractivity contribution in [3.8, 4) is 0 Å². The van der Waals surface area contributed by atoms with Gasteiger partial charge in [-0.3, -0.25) is 5.43 Å². The second-order valence-corrected chi connectivity index (χ2v) is 4.96. The first kappa shape index (κ1) is 11.8. The molecule has 4 rings (SSSR count). The summed E-state index contributed by atoms with van der Waals surface area (Å²) in [4.78, 5) is 8.77. The maximum atomic E-state index is 5.96. The fraction of sp³-hybridized carbons (Fsp3) is 0.0667. The molecule has 0 bridgehead atoms. The van der Waals surface area contributed by atoms with Crippen LogP contribution >= 0.6 is 0 Å². The molecule has 0 radical (unpaired) electrons. The third-order valence-electron chi connectivity index (χ3n) is 3.60. The fourth-order valence-electron chi connectivity index (χ4n) is 2.58. The summed E-state index contributed by atoms with van der Waals surface area (Å²) in [5.41, 5.74) is 12.8. The Morgan fingerprint density at radius 2 is 1.90 bits per heavy atom. The maximum Gasteiger partial charge on any atom is 0.160 e. The van der Waals surface area contributed by atoms with Gasteiger partial charge in [-0.1, -0.05) is 0 Å². The molecule has 3 N–H and O–H groups in total. The van der Waals surface area contributed by atoms with E-state index < -0.39 is 0 Å². The van der Waals surface area contributed by atoms with E-state index in [1.807, 2.05) is 46.9 Å². The van der Waals surface area contributed by atoms with Crippen LogP contribution in [-0.2, 0) is 7.05 Å². The summed E-state index contributed by atoms with van der Waals surface area (Å²) in [6.45, 7) is 0. The van der Waals surface area contributed by atoms with E-state index in [0.717, 1.165) is 33.4 Å². The molecule has 0 fully saturated rings. The minimum atomic E-state index is 0.722. The zero-order chi connectivity index (χ0) is 14.4. The minimum absolute atomic E-state index is 0.722. The molecular weight excluding hydrogens is 264 g/mol. The SMILES string of the molecule is Cn1cc(Nn2ccc3c(N)ccnc32)c2cccnc21. The van der Waals surface area contributed by atoms with E-state index in [2.05, 4.69) is 15.4 Å². The van der Waals surface area contributed by atoms with Crippen molar-refractivity contribution < 1.29 is 0 Å². The van der Waals surface area contributed by atoms with Gasteiger partial charge in [0.05, 0.1) is 5.69 Å². The Bertz CT molecular complexity index is 949. The summed E-state index contributed by atoms with van der Waals surface area (Å²) in [5.74, 6) is 0. The predicted molar refractivity (Wildman–Crippen MR) is 83.9 cm³/mol. The number of rotatable bonds is 2. The number of hydrogen-bond donors (Lipinski definition) is 2. The van der Waals surface area contributed by atoms with Crippen molar-refractivity contribution in [1.82, 2.24) is 19.2 Å². The highest BCUT2D eigenvalue weighted by molar-refractivity contribution is 5.92. The predicted octanol–water partition coefficient (Wildman–Crippen LogP) is 2.38. The molecular formula is C15H14N6. The number of nitrogens with zero attached hydrogens (tertiary/aromatic N) is 4. The van der Waals surface area contributed by atoms with Crippen LogP contribution < -0.4 is 11.2 Å². The average Bonchev–Trinajstić information content (AvgIpc) is 3.04. The van der Waals surface area contributed by atoms with Crippen LogP contribution in [0.2, 0.25) is 0 Å². The van der Waals surface area contributed by atoms with Crippen molar-refractivity contribution in [2.75, 3.05) is 11.2 Å². The van der Waals surface area contributed by atoms with Crippen LogP contribution in [0, 0.1) is 0 Å². The molecule has 0 spiro atoms. The zero-order valence-corrected chi connectivity index (χ0v) is 11.5. The van der Waals surface area contributed by atoms with Gasteiger partial charge < -0.3 is 10.3 Å². The lowest BCUT2D eigenvalue weighted by molar-refractivity contribution is 0.938. The lowest BCUT2D eigenvalue weighted by Crippen LogP contribution is -2.07. The largest absolute Gasteiger partial charge is 0.398 e. The Kier molecular flexibility index (Phi) is 2.38. The van der Waals surface area contributed by atoms with Crippen molar-refractivity contribution in [2.24, 2.45) is 7.05 Å². The van der Waals surface area contributed by atoms with Gasteiger partial charge in [0.15, 0.2) is 5.65 Å². The van der Waals surface area contributed by atoms with Crippen LogP contribution in [-0.4, -0.2) is 19.2 Å². The number of pyridine rings is 2. The molecule has 4 aromatic heterocycles. The Hall–Kier alpha value is -3.02. The highest BCUT2D eigenvalue weighted by Gasteiger charge is 2.09. The Morgan fingerprint density at radius 1 is 1.05 bits per heavy atom. The van der Waals surface area contributed by atoms with Gasteiger partial charge in [0.1, 0.15) is 5.65 Å². The number of aromatic nitrogens is 4. The fourth-order valence-corrected chi connectivity index (χ4v) is 2.58. The van der Waals surface area contributed by atoms with Gasteiger partial charge in [-0.25, -0.2) is 14.6 Å². The quantitative estimate of drug-likeness (QED) is 0.590. The number of nitrogens with two attached hydrogens (primary N) is 1. The standard InChI is InChI=1S/C15H14N6/c1-20-9-13(11-3-2-6-17-14(11)20)19-21-8-5-10-12(16)4-7-18-15(10)21/h2-9,19H,1H3,(H2,16,18). The van der Waals surface area contributed by atoms with Crippen molar-refractivity contribution in [3.05, 3.63) is 49.1 Å². The van der Waals surface area contributed by atoms with Crippen molar-refractivity contribution in [3.63, 3.8) is 0 Å². The molecule has 6 nitrogen and oxygen atoms in total. The van der Waals surface area contributed by atoms with Gasteiger partial charge in [-0.15, -0.1) is 0 Å². The molecule has 104 valence electrons. The summed E-state index contributed by atoms with van der Waals surface area (Å²) in [5, 5.41) is 1.99. The van der Waals surface area contributed by atoms with Gasteiger partial charge in [0, 0.05) is 48.3 Å². The minimum Gasteiger partial charge on any atom is -0.398 e. The summed E-state index contributed by atoms with van der Waals surface area (Å²) in [7, 11) is 1.98. The molecule has 0 aliphatic carbocycles. The second-order valence-electron chi connectivity index (χ2n) is 4.96. The Labute approximate surface area is 120 Å². The van der Waals surface area contributed by atoms with E-state index in [4.69, 9.17) is 5.73 Å². The third kappa shape index (κ3) is 1.73.